The zero-order valence-electron chi connectivity index (χ0n) is 11.8. The first-order valence-electron chi connectivity index (χ1n) is 6.10. The minimum Gasteiger partial charge on any atom is -0.317 e. The number of aliphatic imine (C=N–C) groups is 1. The van der Waals surface area contributed by atoms with E-state index < -0.39 is 0 Å². The molecular weight excluding hydrogens is 222 g/mol. The molecule has 0 spiro atoms. The Morgan fingerprint density at radius 3 is 1.67 bits per heavy atom. The molecule has 0 unspecified atom stereocenters. The zero-order valence-corrected chi connectivity index (χ0v) is 11.8. The van der Waals surface area contributed by atoms with Gasteiger partial charge in [-0.2, -0.15) is 0 Å². The number of quaternary nitrogens is 1. The van der Waals surface area contributed by atoms with Gasteiger partial charge in [0.2, 0.25) is 0 Å². The monoisotopic (exact) mass is 248 g/mol. The molecule has 0 aliphatic heterocycles. The summed E-state index contributed by atoms with van der Waals surface area (Å²) in [4.78, 5) is 6.67. The van der Waals surface area contributed by atoms with Gasteiger partial charge in [-0.15, -0.1) is 6.58 Å². The number of rotatable bonds is 8. The number of hydrogen-bond donors (Lipinski definition) is 0. The van der Waals surface area contributed by atoms with Crippen molar-refractivity contribution in [2.75, 3.05) is 40.3 Å². The van der Waals surface area contributed by atoms with E-state index in [0.717, 1.165) is 25.6 Å². The number of nitrogens with zero attached hydrogens (tertiary/aromatic N) is 3. The first kappa shape index (κ1) is 16.4. The topological polar surface area (TPSA) is 15.6 Å². The maximum absolute atomic E-state index is 4.62. The average molecular weight is 248 g/mol. The second-order valence-corrected chi connectivity index (χ2v) is 4.38. The van der Waals surface area contributed by atoms with Crippen LogP contribution in [0.3, 0.4) is 0 Å². The Morgan fingerprint density at radius 1 is 0.944 bits per heavy atom. The summed E-state index contributed by atoms with van der Waals surface area (Å²) in [5, 5.41) is 0. The second-order valence-electron chi connectivity index (χ2n) is 4.38. The molecule has 3 heteroatoms. The molecule has 0 saturated carbocycles. The summed E-state index contributed by atoms with van der Waals surface area (Å²) < 4.78 is 0.664. The van der Waals surface area contributed by atoms with Crippen molar-refractivity contribution in [3.05, 3.63) is 50.6 Å². The van der Waals surface area contributed by atoms with Crippen LogP contribution < -0.4 is 0 Å². The van der Waals surface area contributed by atoms with Crippen molar-refractivity contribution >= 4 is 5.96 Å². The second kappa shape index (κ2) is 8.48. The summed E-state index contributed by atoms with van der Waals surface area (Å²) in [5.41, 5.74) is 0. The molecule has 0 amide bonds. The van der Waals surface area contributed by atoms with Crippen molar-refractivity contribution in [3.8, 4) is 0 Å². The lowest BCUT2D eigenvalue weighted by Crippen LogP contribution is -2.58. The lowest BCUT2D eigenvalue weighted by molar-refractivity contribution is -0.828. The summed E-state index contributed by atoms with van der Waals surface area (Å²) in [6, 6.07) is 0. The van der Waals surface area contributed by atoms with Crippen molar-refractivity contribution in [1.82, 2.24) is 4.90 Å². The summed E-state index contributed by atoms with van der Waals surface area (Å²) in [5.74, 6) is 0.995. The highest BCUT2D eigenvalue weighted by molar-refractivity contribution is 5.73. The molecule has 0 aromatic rings. The fourth-order valence-corrected chi connectivity index (χ4v) is 2.07. The van der Waals surface area contributed by atoms with Crippen LogP contribution >= 0.6 is 0 Å². The van der Waals surface area contributed by atoms with E-state index in [1.807, 2.05) is 37.2 Å². The predicted molar refractivity (Wildman–Crippen MR) is 81.6 cm³/mol. The SMILES string of the molecule is C=CCN=C(N(C)C)[N+](CC=C)(CC=C)CC=C. The van der Waals surface area contributed by atoms with Crippen molar-refractivity contribution in [3.63, 3.8) is 0 Å². The fourth-order valence-electron chi connectivity index (χ4n) is 2.07. The van der Waals surface area contributed by atoms with Crippen LogP contribution in [0.25, 0.3) is 0 Å². The Labute approximate surface area is 112 Å². The summed E-state index contributed by atoms with van der Waals surface area (Å²) in [7, 11) is 4.01. The van der Waals surface area contributed by atoms with Gasteiger partial charge in [0.05, 0.1) is 6.54 Å². The predicted octanol–water partition coefficient (Wildman–Crippen LogP) is 2.46. The standard InChI is InChI=1S/C15H26N3/c1-7-11-16-15(17(5)6)18(12-8-2,13-9-3)14-10-4/h7-10H,1-4,11-14H2,5-6H3/q+1. The maximum atomic E-state index is 4.62. The molecule has 0 saturated heterocycles. The molecular formula is C15H26N3+. The summed E-state index contributed by atoms with van der Waals surface area (Å²) in [6.07, 6.45) is 7.55. The quantitative estimate of drug-likeness (QED) is 0.279. The molecule has 0 aromatic carbocycles. The number of hydrogen-bond acceptors (Lipinski definition) is 1. The fraction of sp³-hybridized carbons (Fsp3) is 0.400. The van der Waals surface area contributed by atoms with Crippen molar-refractivity contribution < 1.29 is 4.48 Å². The first-order valence-corrected chi connectivity index (χ1v) is 6.10. The third-order valence-electron chi connectivity index (χ3n) is 2.62. The van der Waals surface area contributed by atoms with Crippen molar-refractivity contribution in [2.45, 2.75) is 0 Å². The third kappa shape index (κ3) is 4.34. The van der Waals surface area contributed by atoms with Gasteiger partial charge in [0.15, 0.2) is 0 Å². The molecule has 0 fully saturated rings. The Balaban J connectivity index is 5.54. The Hall–Kier alpha value is -1.61. The van der Waals surface area contributed by atoms with Gasteiger partial charge in [0.25, 0.3) is 0 Å². The molecule has 0 N–H and O–H groups in total. The number of guanidine groups is 1. The van der Waals surface area contributed by atoms with Crippen LogP contribution in [0.1, 0.15) is 0 Å². The lowest BCUT2D eigenvalue weighted by atomic mass is 10.3. The van der Waals surface area contributed by atoms with Gasteiger partial charge in [0, 0.05) is 14.1 Å². The lowest BCUT2D eigenvalue weighted by Gasteiger charge is -2.38. The van der Waals surface area contributed by atoms with Gasteiger partial charge < -0.3 is 4.90 Å². The molecule has 0 aliphatic rings. The van der Waals surface area contributed by atoms with Crippen LogP contribution in [0.5, 0.6) is 0 Å². The van der Waals surface area contributed by atoms with E-state index in [9.17, 15) is 0 Å². The maximum Gasteiger partial charge on any atom is 0.300 e. The van der Waals surface area contributed by atoms with Crippen molar-refractivity contribution in [2.24, 2.45) is 4.99 Å². The highest BCUT2D eigenvalue weighted by atomic mass is 15.5. The van der Waals surface area contributed by atoms with Gasteiger partial charge in [-0.1, -0.05) is 25.8 Å². The van der Waals surface area contributed by atoms with Crippen LogP contribution in [0.2, 0.25) is 0 Å². The minimum atomic E-state index is 0.610. The molecule has 0 aliphatic carbocycles. The Kier molecular flexibility index (Phi) is 7.72. The Morgan fingerprint density at radius 2 is 1.39 bits per heavy atom. The van der Waals surface area contributed by atoms with E-state index in [2.05, 4.69) is 31.3 Å². The molecule has 3 nitrogen and oxygen atoms in total. The molecule has 0 atom stereocenters. The smallest absolute Gasteiger partial charge is 0.300 e. The normalized spacial score (nSPS) is 11.8. The molecule has 100 valence electrons. The first-order chi connectivity index (χ1) is 8.57. The van der Waals surface area contributed by atoms with E-state index in [4.69, 9.17) is 0 Å². The van der Waals surface area contributed by atoms with Crippen LogP contribution in [0.15, 0.2) is 55.6 Å². The van der Waals surface area contributed by atoms with Crippen LogP contribution in [-0.4, -0.2) is 55.6 Å². The molecule has 0 rings (SSSR count). The van der Waals surface area contributed by atoms with E-state index in [1.54, 1.807) is 6.08 Å². The summed E-state index contributed by atoms with van der Waals surface area (Å²) >= 11 is 0. The molecule has 0 heterocycles. The van der Waals surface area contributed by atoms with Gasteiger partial charge in [0.1, 0.15) is 19.6 Å². The molecule has 0 aromatic heterocycles. The zero-order chi connectivity index (χ0) is 14.0. The van der Waals surface area contributed by atoms with Crippen LogP contribution in [-0.2, 0) is 0 Å². The van der Waals surface area contributed by atoms with E-state index in [0.29, 0.717) is 11.0 Å². The molecule has 0 radical (unpaired) electrons. The average Bonchev–Trinajstić information content (AvgIpc) is 2.30. The molecule has 0 bridgehead atoms. The largest absolute Gasteiger partial charge is 0.317 e. The van der Waals surface area contributed by atoms with E-state index in [1.165, 1.54) is 0 Å². The Bertz CT molecular complexity index is 300. The summed E-state index contributed by atoms with van der Waals surface area (Å²) in [6.45, 7) is 18.3. The highest BCUT2D eigenvalue weighted by Gasteiger charge is 2.32. The highest BCUT2D eigenvalue weighted by Crippen LogP contribution is 2.12. The van der Waals surface area contributed by atoms with E-state index in [-0.39, 0.29) is 0 Å². The van der Waals surface area contributed by atoms with E-state index >= 15 is 0 Å². The van der Waals surface area contributed by atoms with Gasteiger partial charge in [-0.3, -0.25) is 0 Å². The minimum absolute atomic E-state index is 0.610. The third-order valence-corrected chi connectivity index (χ3v) is 2.62. The van der Waals surface area contributed by atoms with Gasteiger partial charge in [-0.25, -0.2) is 9.48 Å². The van der Waals surface area contributed by atoms with Gasteiger partial charge in [-0.05, 0) is 18.2 Å². The van der Waals surface area contributed by atoms with Gasteiger partial charge >= 0.3 is 5.96 Å². The van der Waals surface area contributed by atoms with Crippen molar-refractivity contribution in [1.29, 1.82) is 0 Å². The van der Waals surface area contributed by atoms with Crippen LogP contribution in [0.4, 0.5) is 0 Å². The molecule has 18 heavy (non-hydrogen) atoms. The van der Waals surface area contributed by atoms with Crippen LogP contribution in [0, 0.1) is 0 Å².